The van der Waals surface area contributed by atoms with Crippen LogP contribution in [-0.4, -0.2) is 34.8 Å². The predicted molar refractivity (Wildman–Crippen MR) is 91.7 cm³/mol. The van der Waals surface area contributed by atoms with E-state index in [1.54, 1.807) is 18.7 Å². The van der Waals surface area contributed by atoms with Crippen LogP contribution in [-0.2, 0) is 6.54 Å². The van der Waals surface area contributed by atoms with Crippen molar-refractivity contribution in [3.63, 3.8) is 0 Å². The summed E-state index contributed by atoms with van der Waals surface area (Å²) >= 11 is 0. The van der Waals surface area contributed by atoms with Gasteiger partial charge in [0.15, 0.2) is 0 Å². The fourth-order valence-electron chi connectivity index (χ4n) is 1.92. The van der Waals surface area contributed by atoms with Crippen molar-refractivity contribution in [2.45, 2.75) is 27.3 Å². The van der Waals surface area contributed by atoms with E-state index in [0.717, 1.165) is 23.5 Å². The summed E-state index contributed by atoms with van der Waals surface area (Å²) in [6, 6.07) is 2.91. The minimum atomic E-state index is -0.320. The van der Waals surface area contributed by atoms with Crippen LogP contribution in [0, 0.1) is 19.7 Å². The third-order valence-corrected chi connectivity index (χ3v) is 3.53. The number of anilines is 1. The van der Waals surface area contributed by atoms with Gasteiger partial charge in [-0.15, -0.1) is 0 Å². The Morgan fingerprint density at radius 2 is 2.04 bits per heavy atom. The largest absolute Gasteiger partial charge is 0.379 e. The van der Waals surface area contributed by atoms with E-state index >= 15 is 0 Å². The molecular formula is C17H22FN5. The van der Waals surface area contributed by atoms with Gasteiger partial charge in [-0.3, -0.25) is 9.97 Å². The molecule has 5 nitrogen and oxygen atoms in total. The van der Waals surface area contributed by atoms with Crippen molar-refractivity contribution in [1.29, 1.82) is 0 Å². The summed E-state index contributed by atoms with van der Waals surface area (Å²) in [6.07, 6.45) is 5.13. The third-order valence-electron chi connectivity index (χ3n) is 3.53. The number of aromatic nitrogens is 2. The maximum atomic E-state index is 13.8. The summed E-state index contributed by atoms with van der Waals surface area (Å²) in [7, 11) is 1.92. The van der Waals surface area contributed by atoms with Crippen LogP contribution < -0.4 is 5.32 Å². The molecule has 6 heteroatoms. The van der Waals surface area contributed by atoms with E-state index in [1.807, 2.05) is 32.7 Å². The highest BCUT2D eigenvalue weighted by molar-refractivity contribution is 5.68. The Morgan fingerprint density at radius 3 is 2.70 bits per heavy atom. The van der Waals surface area contributed by atoms with Gasteiger partial charge in [-0.2, -0.15) is 0 Å². The number of rotatable bonds is 6. The molecule has 0 aliphatic rings. The van der Waals surface area contributed by atoms with E-state index in [4.69, 9.17) is 0 Å². The summed E-state index contributed by atoms with van der Waals surface area (Å²) < 4.78 is 13.8. The van der Waals surface area contributed by atoms with E-state index in [-0.39, 0.29) is 5.82 Å². The normalized spacial score (nSPS) is 11.0. The Labute approximate surface area is 136 Å². The van der Waals surface area contributed by atoms with Gasteiger partial charge in [-0.25, -0.2) is 9.38 Å². The first kappa shape index (κ1) is 16.9. The van der Waals surface area contributed by atoms with Crippen LogP contribution >= 0.6 is 0 Å². The van der Waals surface area contributed by atoms with Gasteiger partial charge >= 0.3 is 0 Å². The molecule has 0 aliphatic carbocycles. The van der Waals surface area contributed by atoms with Crippen LogP contribution in [0.5, 0.6) is 0 Å². The van der Waals surface area contributed by atoms with Crippen LogP contribution in [0.1, 0.15) is 23.9 Å². The van der Waals surface area contributed by atoms with E-state index in [1.165, 1.54) is 12.1 Å². The van der Waals surface area contributed by atoms with Crippen LogP contribution in [0.25, 0.3) is 0 Å². The van der Waals surface area contributed by atoms with Crippen molar-refractivity contribution in [3.05, 3.63) is 47.3 Å². The van der Waals surface area contributed by atoms with Crippen molar-refractivity contribution >= 4 is 17.7 Å². The van der Waals surface area contributed by atoms with Crippen molar-refractivity contribution in [2.24, 2.45) is 4.99 Å². The molecule has 1 N–H and O–H groups in total. The molecule has 0 radical (unpaired) electrons. The Bertz CT molecular complexity index is 682. The lowest BCUT2D eigenvalue weighted by Gasteiger charge is -2.13. The first-order valence-electron chi connectivity index (χ1n) is 7.55. The highest BCUT2D eigenvalue weighted by atomic mass is 19.1. The van der Waals surface area contributed by atoms with Crippen molar-refractivity contribution in [2.75, 3.05) is 18.9 Å². The highest BCUT2D eigenvalue weighted by Gasteiger charge is 2.07. The van der Waals surface area contributed by atoms with Gasteiger partial charge in [0.25, 0.3) is 0 Å². The Hall–Kier alpha value is -2.50. The smallest absolute Gasteiger partial charge is 0.127 e. The zero-order valence-electron chi connectivity index (χ0n) is 14.0. The van der Waals surface area contributed by atoms with E-state index in [9.17, 15) is 4.39 Å². The molecule has 23 heavy (non-hydrogen) atoms. The SMILES string of the molecule is CCN(C)C=Nc1cc(F)cc(NCc2cnc(C)cn2)c1C. The second-order valence-corrected chi connectivity index (χ2v) is 5.42. The van der Waals surface area contributed by atoms with Crippen LogP contribution in [0.3, 0.4) is 0 Å². The second kappa shape index (κ2) is 7.67. The maximum Gasteiger partial charge on any atom is 0.127 e. The van der Waals surface area contributed by atoms with Crippen LogP contribution in [0.15, 0.2) is 29.5 Å². The van der Waals surface area contributed by atoms with Gasteiger partial charge in [0.05, 0.1) is 36.2 Å². The number of nitrogens with zero attached hydrogens (tertiary/aromatic N) is 4. The summed E-state index contributed by atoms with van der Waals surface area (Å²) in [5.41, 5.74) is 3.89. The molecule has 0 saturated carbocycles. The lowest BCUT2D eigenvalue weighted by atomic mass is 10.1. The first-order chi connectivity index (χ1) is 11.0. The summed E-state index contributed by atoms with van der Waals surface area (Å²) in [6.45, 7) is 7.16. The van der Waals surface area contributed by atoms with Crippen LogP contribution in [0.4, 0.5) is 15.8 Å². The standard InChI is InChI=1S/C17H22FN5/c1-5-23(4)11-22-17-7-14(18)6-16(13(17)3)21-10-15-9-19-12(2)8-20-15/h6-9,11,21H,5,10H2,1-4H3. The molecule has 122 valence electrons. The molecule has 0 amide bonds. The summed E-state index contributed by atoms with van der Waals surface area (Å²) in [4.78, 5) is 14.8. The lowest BCUT2D eigenvalue weighted by molar-refractivity contribution is 0.552. The van der Waals surface area contributed by atoms with Gasteiger partial charge in [0.2, 0.25) is 0 Å². The second-order valence-electron chi connectivity index (χ2n) is 5.42. The molecule has 0 spiro atoms. The molecule has 0 unspecified atom stereocenters. The third kappa shape index (κ3) is 4.74. The molecule has 1 heterocycles. The zero-order chi connectivity index (χ0) is 16.8. The molecule has 0 bridgehead atoms. The van der Waals surface area contributed by atoms with Gasteiger partial charge in [0.1, 0.15) is 5.82 Å². The molecule has 2 aromatic rings. The van der Waals surface area contributed by atoms with E-state index in [2.05, 4.69) is 20.3 Å². The molecule has 0 saturated heterocycles. The maximum absolute atomic E-state index is 13.8. The topological polar surface area (TPSA) is 53.4 Å². The van der Waals surface area contributed by atoms with Gasteiger partial charge < -0.3 is 10.2 Å². The Morgan fingerprint density at radius 1 is 1.26 bits per heavy atom. The fraction of sp³-hybridized carbons (Fsp3) is 0.353. The molecule has 2 rings (SSSR count). The number of aryl methyl sites for hydroxylation is 1. The van der Waals surface area contributed by atoms with Gasteiger partial charge in [-0.05, 0) is 38.5 Å². The van der Waals surface area contributed by atoms with E-state index < -0.39 is 0 Å². The van der Waals surface area contributed by atoms with Crippen molar-refractivity contribution in [1.82, 2.24) is 14.9 Å². The quantitative estimate of drug-likeness (QED) is 0.655. The summed E-state index contributed by atoms with van der Waals surface area (Å²) in [5.74, 6) is -0.320. The minimum absolute atomic E-state index is 0.320. The molecule has 0 fully saturated rings. The molecule has 0 atom stereocenters. The van der Waals surface area contributed by atoms with Gasteiger partial charge in [-0.1, -0.05) is 0 Å². The number of aliphatic imine (C=N–C) groups is 1. The monoisotopic (exact) mass is 315 g/mol. The van der Waals surface area contributed by atoms with Crippen molar-refractivity contribution in [3.8, 4) is 0 Å². The zero-order valence-corrected chi connectivity index (χ0v) is 14.0. The average Bonchev–Trinajstić information content (AvgIpc) is 2.55. The predicted octanol–water partition coefficient (Wildman–Crippen LogP) is 3.46. The summed E-state index contributed by atoms with van der Waals surface area (Å²) in [5, 5.41) is 3.20. The number of halogens is 1. The number of hydrogen-bond acceptors (Lipinski definition) is 4. The first-order valence-corrected chi connectivity index (χ1v) is 7.55. The van der Waals surface area contributed by atoms with Crippen LogP contribution in [0.2, 0.25) is 0 Å². The molecule has 0 aliphatic heterocycles. The molecular weight excluding hydrogens is 293 g/mol. The Kier molecular flexibility index (Phi) is 5.62. The van der Waals surface area contributed by atoms with Gasteiger partial charge in [0, 0.05) is 25.5 Å². The van der Waals surface area contributed by atoms with Crippen molar-refractivity contribution < 1.29 is 4.39 Å². The minimum Gasteiger partial charge on any atom is -0.379 e. The molecule has 1 aromatic heterocycles. The number of nitrogens with one attached hydrogen (secondary N) is 1. The number of hydrogen-bond donors (Lipinski definition) is 1. The molecule has 1 aromatic carbocycles. The lowest BCUT2D eigenvalue weighted by Crippen LogP contribution is -2.14. The average molecular weight is 315 g/mol. The number of benzene rings is 1. The fourth-order valence-corrected chi connectivity index (χ4v) is 1.92. The highest BCUT2D eigenvalue weighted by Crippen LogP contribution is 2.27. The van der Waals surface area contributed by atoms with E-state index in [0.29, 0.717) is 17.9 Å². The Balaban J connectivity index is 2.16.